The Morgan fingerprint density at radius 2 is 1.79 bits per heavy atom. The maximum Gasteiger partial charge on any atom is 0.471 e. The molecule has 1 amide bonds. The van der Waals surface area contributed by atoms with Crippen LogP contribution in [-0.4, -0.2) is 18.6 Å². The molecule has 0 heterocycles. The van der Waals surface area contributed by atoms with Gasteiger partial charge in [-0.3, -0.25) is 4.79 Å². The van der Waals surface area contributed by atoms with Crippen LogP contribution in [0.3, 0.4) is 0 Å². The Labute approximate surface area is 142 Å². The Balaban J connectivity index is 2.27. The third-order valence-electron chi connectivity index (χ3n) is 3.91. The summed E-state index contributed by atoms with van der Waals surface area (Å²) >= 11 is 0. The molecule has 0 bridgehead atoms. The lowest BCUT2D eigenvalue weighted by Gasteiger charge is -2.26. The normalized spacial score (nSPS) is 12.0. The highest BCUT2D eigenvalue weighted by Gasteiger charge is 2.38. The molecule has 1 aromatic carbocycles. The van der Waals surface area contributed by atoms with E-state index in [0.29, 0.717) is 6.42 Å². The molecule has 0 fully saturated rings. The number of aryl methyl sites for hydroxylation is 1. The topological polar surface area (TPSA) is 29.1 Å². The van der Waals surface area contributed by atoms with Gasteiger partial charge in [-0.2, -0.15) is 13.2 Å². The minimum atomic E-state index is -4.80. The highest BCUT2D eigenvalue weighted by molar-refractivity contribution is 5.81. The standard InChI is InChI=1S/C19H26F3NO/c1-15(10-11-16-8-5-4-6-9-16)14-18(2,3)12-7-13-23-17(24)19(20,21)22/h4-6,8-9H,1,7,10-14H2,2-3H3,(H,23,24). The highest BCUT2D eigenvalue weighted by atomic mass is 19.4. The summed E-state index contributed by atoms with van der Waals surface area (Å²) in [7, 11) is 0. The summed E-state index contributed by atoms with van der Waals surface area (Å²) in [5.41, 5.74) is 2.37. The molecule has 0 aromatic heterocycles. The first-order valence-corrected chi connectivity index (χ1v) is 8.16. The summed E-state index contributed by atoms with van der Waals surface area (Å²) in [5.74, 6) is -1.87. The second-order valence-corrected chi connectivity index (χ2v) is 6.93. The Bertz CT molecular complexity index is 535. The molecule has 24 heavy (non-hydrogen) atoms. The van der Waals surface area contributed by atoms with Gasteiger partial charge in [-0.1, -0.05) is 56.3 Å². The summed E-state index contributed by atoms with van der Waals surface area (Å²) in [6, 6.07) is 10.2. The summed E-state index contributed by atoms with van der Waals surface area (Å²) in [5, 5.41) is 1.91. The third-order valence-corrected chi connectivity index (χ3v) is 3.91. The van der Waals surface area contributed by atoms with Gasteiger partial charge in [0.1, 0.15) is 0 Å². The number of nitrogens with one attached hydrogen (secondary N) is 1. The first kappa shape index (κ1) is 20.3. The van der Waals surface area contributed by atoms with Gasteiger partial charge in [0, 0.05) is 6.54 Å². The van der Waals surface area contributed by atoms with E-state index < -0.39 is 12.1 Å². The lowest BCUT2D eigenvalue weighted by molar-refractivity contribution is -0.173. The zero-order valence-corrected chi connectivity index (χ0v) is 14.4. The van der Waals surface area contributed by atoms with Crippen LogP contribution < -0.4 is 5.32 Å². The fourth-order valence-electron chi connectivity index (χ4n) is 2.69. The number of carbonyl (C=O) groups is 1. The van der Waals surface area contributed by atoms with Crippen LogP contribution in [0, 0.1) is 5.41 Å². The molecule has 2 nitrogen and oxygen atoms in total. The summed E-state index contributed by atoms with van der Waals surface area (Å²) in [6.45, 7) is 8.32. The second-order valence-electron chi connectivity index (χ2n) is 6.93. The van der Waals surface area contributed by atoms with Crippen LogP contribution in [0.15, 0.2) is 42.5 Å². The van der Waals surface area contributed by atoms with E-state index in [1.807, 2.05) is 23.5 Å². The van der Waals surface area contributed by atoms with Gasteiger partial charge in [-0.25, -0.2) is 0 Å². The molecule has 0 aliphatic carbocycles. The SMILES string of the molecule is C=C(CCc1ccccc1)CC(C)(C)CCCNC(=O)C(F)(F)F. The monoisotopic (exact) mass is 341 g/mol. The maximum atomic E-state index is 12.1. The molecule has 1 rings (SSSR count). The summed E-state index contributed by atoms with van der Waals surface area (Å²) < 4.78 is 36.3. The average Bonchev–Trinajstić information content (AvgIpc) is 2.49. The third kappa shape index (κ3) is 8.18. The number of hydrogen-bond acceptors (Lipinski definition) is 1. The van der Waals surface area contributed by atoms with Crippen molar-refractivity contribution < 1.29 is 18.0 Å². The van der Waals surface area contributed by atoms with Gasteiger partial charge in [0.05, 0.1) is 0 Å². The molecule has 0 unspecified atom stereocenters. The number of rotatable bonds is 9. The second kappa shape index (κ2) is 8.90. The Morgan fingerprint density at radius 1 is 1.17 bits per heavy atom. The first-order valence-electron chi connectivity index (χ1n) is 8.16. The minimum absolute atomic E-state index is 0.0399. The quantitative estimate of drug-likeness (QED) is 0.494. The molecular weight excluding hydrogens is 315 g/mol. The van der Waals surface area contributed by atoms with Crippen LogP contribution in [0.1, 0.15) is 45.1 Å². The van der Waals surface area contributed by atoms with E-state index in [0.717, 1.165) is 31.3 Å². The van der Waals surface area contributed by atoms with Crippen molar-refractivity contribution in [3.8, 4) is 0 Å². The van der Waals surface area contributed by atoms with E-state index in [4.69, 9.17) is 0 Å². The van der Waals surface area contributed by atoms with Crippen LogP contribution in [0.4, 0.5) is 13.2 Å². The molecule has 5 heteroatoms. The fraction of sp³-hybridized carbons (Fsp3) is 0.526. The predicted molar refractivity (Wildman–Crippen MR) is 90.6 cm³/mol. The number of halogens is 3. The van der Waals surface area contributed by atoms with Gasteiger partial charge < -0.3 is 5.32 Å². The van der Waals surface area contributed by atoms with E-state index >= 15 is 0 Å². The Kier molecular flexibility index (Phi) is 7.52. The van der Waals surface area contributed by atoms with Gasteiger partial charge in [0.25, 0.3) is 0 Å². The maximum absolute atomic E-state index is 12.1. The number of amides is 1. The van der Waals surface area contributed by atoms with Crippen molar-refractivity contribution in [2.24, 2.45) is 5.41 Å². The smallest absolute Gasteiger partial charge is 0.348 e. The van der Waals surface area contributed by atoms with Crippen molar-refractivity contribution in [3.05, 3.63) is 48.0 Å². The molecule has 1 aromatic rings. The van der Waals surface area contributed by atoms with Crippen LogP contribution in [0.25, 0.3) is 0 Å². The summed E-state index contributed by atoms with van der Waals surface area (Å²) in [6.07, 6.45) is -0.889. The van der Waals surface area contributed by atoms with Gasteiger partial charge in [-0.15, -0.1) is 0 Å². The van der Waals surface area contributed by atoms with E-state index in [-0.39, 0.29) is 12.0 Å². The van der Waals surface area contributed by atoms with Gasteiger partial charge >= 0.3 is 12.1 Å². The highest BCUT2D eigenvalue weighted by Crippen LogP contribution is 2.31. The van der Waals surface area contributed by atoms with Crippen molar-refractivity contribution in [2.45, 2.75) is 52.1 Å². The van der Waals surface area contributed by atoms with Crippen LogP contribution in [0.5, 0.6) is 0 Å². The number of allylic oxidation sites excluding steroid dienone is 1. The average molecular weight is 341 g/mol. The zero-order valence-electron chi connectivity index (χ0n) is 14.4. The fourth-order valence-corrected chi connectivity index (χ4v) is 2.69. The molecule has 0 aliphatic heterocycles. The molecule has 0 radical (unpaired) electrons. The number of benzene rings is 1. The lowest BCUT2D eigenvalue weighted by Crippen LogP contribution is -2.37. The number of alkyl halides is 3. The van der Waals surface area contributed by atoms with Crippen molar-refractivity contribution in [3.63, 3.8) is 0 Å². The van der Waals surface area contributed by atoms with Crippen molar-refractivity contribution >= 4 is 5.91 Å². The van der Waals surface area contributed by atoms with E-state index in [1.54, 1.807) is 0 Å². The van der Waals surface area contributed by atoms with E-state index in [2.05, 4.69) is 32.6 Å². The molecule has 1 N–H and O–H groups in total. The largest absolute Gasteiger partial charge is 0.471 e. The van der Waals surface area contributed by atoms with Crippen molar-refractivity contribution in [1.82, 2.24) is 5.32 Å². The van der Waals surface area contributed by atoms with E-state index in [1.165, 1.54) is 5.56 Å². The summed E-state index contributed by atoms with van der Waals surface area (Å²) in [4.78, 5) is 10.7. The number of hydrogen-bond donors (Lipinski definition) is 1. The van der Waals surface area contributed by atoms with Gasteiger partial charge in [0.15, 0.2) is 0 Å². The molecular formula is C19H26F3NO. The van der Waals surface area contributed by atoms with Crippen LogP contribution in [0.2, 0.25) is 0 Å². The molecule has 0 atom stereocenters. The molecule has 0 aliphatic rings. The molecule has 0 saturated carbocycles. The minimum Gasteiger partial charge on any atom is -0.348 e. The van der Waals surface area contributed by atoms with Gasteiger partial charge in [-0.05, 0) is 43.1 Å². The van der Waals surface area contributed by atoms with Crippen molar-refractivity contribution in [2.75, 3.05) is 6.54 Å². The Morgan fingerprint density at radius 3 is 2.38 bits per heavy atom. The molecule has 134 valence electrons. The van der Waals surface area contributed by atoms with E-state index in [9.17, 15) is 18.0 Å². The number of carbonyl (C=O) groups excluding carboxylic acids is 1. The van der Waals surface area contributed by atoms with Crippen LogP contribution >= 0.6 is 0 Å². The first-order chi connectivity index (χ1) is 11.1. The van der Waals surface area contributed by atoms with Crippen molar-refractivity contribution in [1.29, 1.82) is 0 Å². The van der Waals surface area contributed by atoms with Gasteiger partial charge in [0.2, 0.25) is 0 Å². The predicted octanol–water partition coefficient (Wildman–Crippen LogP) is 5.05. The Hall–Kier alpha value is -1.78. The molecule has 0 saturated heterocycles. The lowest BCUT2D eigenvalue weighted by atomic mass is 9.80. The molecule has 0 spiro atoms. The van der Waals surface area contributed by atoms with Crippen LogP contribution in [-0.2, 0) is 11.2 Å². The zero-order chi connectivity index (χ0) is 18.2.